The summed E-state index contributed by atoms with van der Waals surface area (Å²) in [4.78, 5) is 68.6. The van der Waals surface area contributed by atoms with E-state index in [4.69, 9.17) is 29.2 Å². The first kappa shape index (κ1) is 31.8. The Morgan fingerprint density at radius 3 is 2.05 bits per heavy atom. The van der Waals surface area contributed by atoms with Crippen molar-refractivity contribution in [3.05, 3.63) is 36.4 Å². The van der Waals surface area contributed by atoms with Gasteiger partial charge in [0.15, 0.2) is 0 Å². The van der Waals surface area contributed by atoms with E-state index < -0.39 is 41.8 Å². The van der Waals surface area contributed by atoms with Crippen molar-refractivity contribution in [3.8, 4) is 0 Å². The van der Waals surface area contributed by atoms with Crippen LogP contribution in [0.4, 0.5) is 0 Å². The van der Waals surface area contributed by atoms with E-state index in [1.807, 2.05) is 0 Å². The minimum Gasteiger partial charge on any atom is -0.496 e. The molecule has 15 nitrogen and oxygen atoms in total. The van der Waals surface area contributed by atoms with Crippen LogP contribution in [0.25, 0.3) is 0 Å². The van der Waals surface area contributed by atoms with Gasteiger partial charge in [-0.15, -0.1) is 0 Å². The second kappa shape index (κ2) is 18.9. The van der Waals surface area contributed by atoms with E-state index >= 15 is 0 Å². The number of carboxylic acids is 2. The van der Waals surface area contributed by atoms with Crippen LogP contribution in [-0.4, -0.2) is 103 Å². The Kier molecular flexibility index (Phi) is 15.9. The standard InChI is InChI=1S/C23H31N3O12/c27-18(5-8-26-20(29)2-3-21(26)30)24-7-10-36-12-14-38-16-15-37-13-11-35-9-6-19(28)25-17(23(33)34)1-4-22(31)32/h1-3,12,14H,4-11,13,15-16H2,(H,24,27)(H,25,28)(H,31,32)(H,33,34)/b14-12+,17-1+. The van der Waals surface area contributed by atoms with Gasteiger partial charge >= 0.3 is 11.9 Å². The van der Waals surface area contributed by atoms with Crippen molar-refractivity contribution < 1.29 is 57.9 Å². The highest BCUT2D eigenvalue weighted by atomic mass is 16.5. The van der Waals surface area contributed by atoms with Crippen molar-refractivity contribution in [1.29, 1.82) is 0 Å². The molecule has 4 amide bonds. The monoisotopic (exact) mass is 541 g/mol. The summed E-state index contributed by atoms with van der Waals surface area (Å²) < 4.78 is 20.8. The number of hydrogen-bond acceptors (Lipinski definition) is 10. The van der Waals surface area contributed by atoms with E-state index in [-0.39, 0.29) is 71.5 Å². The molecule has 1 aliphatic rings. The molecule has 4 N–H and O–H groups in total. The highest BCUT2D eigenvalue weighted by Crippen LogP contribution is 2.04. The van der Waals surface area contributed by atoms with Crippen LogP contribution in [-0.2, 0) is 47.7 Å². The van der Waals surface area contributed by atoms with Crippen molar-refractivity contribution in [2.24, 2.45) is 0 Å². The fourth-order valence-electron chi connectivity index (χ4n) is 2.61. The SMILES string of the molecule is O=C(O)C/C=C(/NC(=O)CCOCCOCCO/C=C/OCCNC(=O)CCN1C(=O)C=CC1=O)C(=O)O. The summed E-state index contributed by atoms with van der Waals surface area (Å²) in [6, 6.07) is 0. The number of carboxylic acid groups (broad SMARTS) is 2. The third-order valence-corrected chi connectivity index (χ3v) is 4.43. The second-order valence-electron chi connectivity index (χ2n) is 7.32. The Balaban J connectivity index is 1.92. The zero-order chi connectivity index (χ0) is 28.2. The van der Waals surface area contributed by atoms with Crippen LogP contribution in [0.3, 0.4) is 0 Å². The van der Waals surface area contributed by atoms with Crippen LogP contribution in [0, 0.1) is 0 Å². The lowest BCUT2D eigenvalue weighted by Gasteiger charge is -2.13. The fourth-order valence-corrected chi connectivity index (χ4v) is 2.61. The topological polar surface area (TPSA) is 207 Å². The molecule has 0 spiro atoms. The Labute approximate surface area is 218 Å². The van der Waals surface area contributed by atoms with E-state index in [1.54, 1.807) is 0 Å². The smallest absolute Gasteiger partial charge is 0.352 e. The Morgan fingerprint density at radius 2 is 1.42 bits per heavy atom. The van der Waals surface area contributed by atoms with Gasteiger partial charge in [0.05, 0.1) is 45.8 Å². The van der Waals surface area contributed by atoms with Gasteiger partial charge in [-0.1, -0.05) is 0 Å². The molecule has 38 heavy (non-hydrogen) atoms. The summed E-state index contributed by atoms with van der Waals surface area (Å²) in [6.07, 6.45) is 5.19. The number of carbonyl (C=O) groups excluding carboxylic acids is 4. The Bertz CT molecular complexity index is 911. The molecule has 210 valence electrons. The zero-order valence-electron chi connectivity index (χ0n) is 20.6. The summed E-state index contributed by atoms with van der Waals surface area (Å²) in [5, 5.41) is 22.2. The number of aliphatic carboxylic acids is 2. The van der Waals surface area contributed by atoms with Crippen molar-refractivity contribution >= 4 is 35.6 Å². The summed E-state index contributed by atoms with van der Waals surface area (Å²) in [5.41, 5.74) is -0.507. The van der Waals surface area contributed by atoms with Gasteiger partial charge in [-0.3, -0.25) is 28.9 Å². The summed E-state index contributed by atoms with van der Waals surface area (Å²) in [6.45, 7) is 1.39. The lowest BCUT2D eigenvalue weighted by molar-refractivity contribution is -0.138. The summed E-state index contributed by atoms with van der Waals surface area (Å²) >= 11 is 0. The van der Waals surface area contributed by atoms with E-state index in [0.717, 1.165) is 23.1 Å². The van der Waals surface area contributed by atoms with Crippen LogP contribution >= 0.6 is 0 Å². The maximum absolute atomic E-state index is 11.7. The summed E-state index contributed by atoms with van der Waals surface area (Å²) in [5.74, 6) is -4.47. The maximum Gasteiger partial charge on any atom is 0.352 e. The number of rotatable bonds is 21. The lowest BCUT2D eigenvalue weighted by Crippen LogP contribution is -2.35. The number of nitrogens with zero attached hydrogens (tertiary/aromatic N) is 1. The van der Waals surface area contributed by atoms with Crippen LogP contribution in [0.1, 0.15) is 19.3 Å². The Morgan fingerprint density at radius 1 is 0.816 bits per heavy atom. The minimum absolute atomic E-state index is 0.000105. The number of ether oxygens (including phenoxy) is 4. The molecule has 0 saturated heterocycles. The third kappa shape index (κ3) is 15.0. The van der Waals surface area contributed by atoms with Crippen molar-refractivity contribution in [3.63, 3.8) is 0 Å². The molecule has 0 atom stereocenters. The molecule has 0 unspecified atom stereocenters. The number of nitrogens with one attached hydrogen (secondary N) is 2. The van der Waals surface area contributed by atoms with Crippen LogP contribution < -0.4 is 10.6 Å². The molecule has 0 radical (unpaired) electrons. The van der Waals surface area contributed by atoms with E-state index in [9.17, 15) is 28.8 Å². The van der Waals surface area contributed by atoms with Crippen molar-refractivity contribution in [2.75, 3.05) is 52.7 Å². The van der Waals surface area contributed by atoms with Gasteiger partial charge in [0.2, 0.25) is 11.8 Å². The highest BCUT2D eigenvalue weighted by molar-refractivity contribution is 6.13. The van der Waals surface area contributed by atoms with Gasteiger partial charge in [0.1, 0.15) is 31.4 Å². The molecule has 0 fully saturated rings. The fraction of sp³-hybridized carbons (Fsp3) is 0.478. The highest BCUT2D eigenvalue weighted by Gasteiger charge is 2.23. The number of imide groups is 1. The van der Waals surface area contributed by atoms with Gasteiger partial charge < -0.3 is 39.8 Å². The number of amides is 4. The molecule has 0 aromatic carbocycles. The van der Waals surface area contributed by atoms with E-state index in [1.165, 1.54) is 12.5 Å². The molecule has 0 aromatic heterocycles. The molecule has 0 saturated carbocycles. The third-order valence-electron chi connectivity index (χ3n) is 4.43. The van der Waals surface area contributed by atoms with Gasteiger partial charge in [-0.2, -0.15) is 0 Å². The molecule has 0 aromatic rings. The second-order valence-corrected chi connectivity index (χ2v) is 7.32. The normalized spacial score (nSPS) is 13.2. The predicted octanol–water partition coefficient (Wildman–Crippen LogP) is -1.10. The van der Waals surface area contributed by atoms with Crippen molar-refractivity contribution in [2.45, 2.75) is 19.3 Å². The average Bonchev–Trinajstić information content (AvgIpc) is 3.19. The minimum atomic E-state index is -1.44. The first-order valence-electron chi connectivity index (χ1n) is 11.5. The van der Waals surface area contributed by atoms with Crippen LogP contribution in [0.2, 0.25) is 0 Å². The lowest BCUT2D eigenvalue weighted by atomic mass is 10.3. The summed E-state index contributed by atoms with van der Waals surface area (Å²) in [7, 11) is 0. The molecular formula is C23H31N3O12. The molecule has 1 rings (SSSR count). The predicted molar refractivity (Wildman–Crippen MR) is 127 cm³/mol. The largest absolute Gasteiger partial charge is 0.496 e. The number of hydrogen-bond donors (Lipinski definition) is 4. The molecule has 1 aliphatic heterocycles. The Hall–Kier alpha value is -4.24. The molecule has 15 heteroatoms. The quantitative estimate of drug-likeness (QED) is 0.0591. The van der Waals surface area contributed by atoms with E-state index in [0.29, 0.717) is 0 Å². The maximum atomic E-state index is 11.7. The first-order valence-corrected chi connectivity index (χ1v) is 11.5. The average molecular weight is 542 g/mol. The van der Waals surface area contributed by atoms with Gasteiger partial charge in [0, 0.05) is 25.1 Å². The zero-order valence-corrected chi connectivity index (χ0v) is 20.6. The molecule has 0 aliphatic carbocycles. The molecule has 1 heterocycles. The molecule has 0 bridgehead atoms. The molecular weight excluding hydrogens is 510 g/mol. The van der Waals surface area contributed by atoms with Gasteiger partial charge in [0.25, 0.3) is 11.8 Å². The van der Waals surface area contributed by atoms with Crippen LogP contribution in [0.5, 0.6) is 0 Å². The van der Waals surface area contributed by atoms with E-state index in [2.05, 4.69) is 10.6 Å². The van der Waals surface area contributed by atoms with Gasteiger partial charge in [-0.05, 0) is 6.08 Å². The van der Waals surface area contributed by atoms with Gasteiger partial charge in [-0.25, -0.2) is 4.79 Å². The first-order chi connectivity index (χ1) is 18.2. The van der Waals surface area contributed by atoms with Crippen molar-refractivity contribution in [1.82, 2.24) is 15.5 Å². The number of carbonyl (C=O) groups is 6. The van der Waals surface area contributed by atoms with Crippen LogP contribution in [0.15, 0.2) is 36.4 Å².